The summed E-state index contributed by atoms with van der Waals surface area (Å²) in [4.78, 5) is 36.5. The largest absolute Gasteiger partial charge is 0.478 e. The Balaban J connectivity index is 2.41. The van der Waals surface area contributed by atoms with E-state index in [0.29, 0.717) is 13.1 Å². The second-order valence-electron chi connectivity index (χ2n) is 4.02. The molecule has 1 aliphatic heterocycles. The molecule has 100 valence electrons. The predicted octanol–water partition coefficient (Wildman–Crippen LogP) is -0.499. The van der Waals surface area contributed by atoms with Gasteiger partial charge in [-0.05, 0) is 6.42 Å². The molecule has 0 aliphatic carbocycles. The lowest BCUT2D eigenvalue weighted by molar-refractivity contribution is -0.131. The highest BCUT2D eigenvalue weighted by molar-refractivity contribution is 5.84. The van der Waals surface area contributed by atoms with Gasteiger partial charge in [0.2, 0.25) is 5.91 Å². The lowest BCUT2D eigenvalue weighted by Crippen LogP contribution is -2.43. The molecule has 3 amide bonds. The number of carboxylic acids is 1. The fraction of sp³-hybridized carbons (Fsp3) is 0.545. The van der Waals surface area contributed by atoms with Crippen LogP contribution in [0.15, 0.2) is 12.2 Å². The van der Waals surface area contributed by atoms with Crippen molar-refractivity contribution < 1.29 is 19.5 Å². The molecule has 0 aromatic rings. The molecule has 0 spiro atoms. The molecular weight excluding hydrogens is 238 g/mol. The van der Waals surface area contributed by atoms with E-state index >= 15 is 0 Å². The Bertz CT molecular complexity index is 367. The first-order valence-electron chi connectivity index (χ1n) is 5.67. The predicted molar refractivity (Wildman–Crippen MR) is 64.0 cm³/mol. The first-order valence-corrected chi connectivity index (χ1v) is 5.67. The Kier molecular flexibility index (Phi) is 5.16. The van der Waals surface area contributed by atoms with Gasteiger partial charge in [0.15, 0.2) is 0 Å². The molecule has 1 aliphatic rings. The Labute approximate surface area is 105 Å². The van der Waals surface area contributed by atoms with Gasteiger partial charge in [0.05, 0.1) is 0 Å². The highest BCUT2D eigenvalue weighted by atomic mass is 16.4. The molecule has 7 heteroatoms. The summed E-state index contributed by atoms with van der Waals surface area (Å²) in [5.74, 6) is -1.15. The number of carboxylic acid groups (broad SMARTS) is 1. The Morgan fingerprint density at radius 2 is 2.17 bits per heavy atom. The van der Waals surface area contributed by atoms with Crippen molar-refractivity contribution in [1.82, 2.24) is 15.1 Å². The number of rotatable bonds is 3. The molecule has 2 N–H and O–H groups in total. The second kappa shape index (κ2) is 6.63. The van der Waals surface area contributed by atoms with Crippen LogP contribution >= 0.6 is 0 Å². The van der Waals surface area contributed by atoms with Crippen LogP contribution in [-0.4, -0.2) is 66.0 Å². The second-order valence-corrected chi connectivity index (χ2v) is 4.02. The topological polar surface area (TPSA) is 89.9 Å². The molecule has 1 saturated heterocycles. The van der Waals surface area contributed by atoms with Crippen molar-refractivity contribution in [1.29, 1.82) is 0 Å². The molecule has 7 nitrogen and oxygen atoms in total. The minimum atomic E-state index is -1.06. The summed E-state index contributed by atoms with van der Waals surface area (Å²) in [6, 6.07) is -0.353. The summed E-state index contributed by atoms with van der Waals surface area (Å²) in [5.41, 5.74) is 0. The van der Waals surface area contributed by atoms with Gasteiger partial charge in [-0.15, -0.1) is 0 Å². The van der Waals surface area contributed by atoms with E-state index in [9.17, 15) is 14.4 Å². The fourth-order valence-corrected chi connectivity index (χ4v) is 1.58. The molecule has 1 heterocycles. The maximum absolute atomic E-state index is 11.7. The number of carbonyl (C=O) groups is 3. The zero-order valence-corrected chi connectivity index (χ0v) is 10.3. The molecule has 18 heavy (non-hydrogen) atoms. The van der Waals surface area contributed by atoms with E-state index in [1.54, 1.807) is 11.9 Å². The third kappa shape index (κ3) is 4.44. The molecule has 0 aromatic carbocycles. The summed E-state index contributed by atoms with van der Waals surface area (Å²) in [6.07, 6.45) is 3.04. The number of hydrogen-bond donors (Lipinski definition) is 2. The van der Waals surface area contributed by atoms with Crippen LogP contribution < -0.4 is 5.32 Å². The van der Waals surface area contributed by atoms with Crippen molar-refractivity contribution in [2.45, 2.75) is 6.42 Å². The van der Waals surface area contributed by atoms with Crippen molar-refractivity contribution in [2.24, 2.45) is 0 Å². The Morgan fingerprint density at radius 3 is 2.83 bits per heavy atom. The first kappa shape index (κ1) is 14.0. The number of urea groups is 1. The summed E-state index contributed by atoms with van der Waals surface area (Å²) >= 11 is 0. The number of nitrogens with zero attached hydrogens (tertiary/aromatic N) is 2. The van der Waals surface area contributed by atoms with Crippen LogP contribution in [0.3, 0.4) is 0 Å². The van der Waals surface area contributed by atoms with Crippen LogP contribution in [0.5, 0.6) is 0 Å². The lowest BCUT2D eigenvalue weighted by Gasteiger charge is -2.19. The van der Waals surface area contributed by atoms with Crippen LogP contribution in [0.25, 0.3) is 0 Å². The Hall–Kier alpha value is -2.05. The zero-order valence-electron chi connectivity index (χ0n) is 10.3. The van der Waals surface area contributed by atoms with Crippen LogP contribution in [0.1, 0.15) is 6.42 Å². The number of hydrogen-bond acceptors (Lipinski definition) is 3. The SMILES string of the molecule is CN1CCCN(C(=O)NC/C=C/C(=O)O)CC1=O. The molecule has 1 rings (SSSR count). The average molecular weight is 255 g/mol. The number of aliphatic carboxylic acids is 1. The third-order valence-corrected chi connectivity index (χ3v) is 2.59. The molecular formula is C11H17N3O4. The number of amides is 3. The van der Waals surface area contributed by atoms with E-state index in [0.717, 1.165) is 12.5 Å². The van der Waals surface area contributed by atoms with E-state index in [1.165, 1.54) is 11.0 Å². The monoisotopic (exact) mass is 255 g/mol. The van der Waals surface area contributed by atoms with Crippen LogP contribution in [0.2, 0.25) is 0 Å². The summed E-state index contributed by atoms with van der Waals surface area (Å²) < 4.78 is 0. The van der Waals surface area contributed by atoms with Gasteiger partial charge < -0.3 is 20.2 Å². The van der Waals surface area contributed by atoms with Gasteiger partial charge in [-0.2, -0.15) is 0 Å². The number of likely N-dealkylation sites (N-methyl/N-ethyl adjacent to an activating group) is 1. The van der Waals surface area contributed by atoms with E-state index in [4.69, 9.17) is 5.11 Å². The molecule has 0 bridgehead atoms. The van der Waals surface area contributed by atoms with Crippen LogP contribution in [0.4, 0.5) is 4.79 Å². The van der Waals surface area contributed by atoms with Gasteiger partial charge in [-0.3, -0.25) is 4.79 Å². The smallest absolute Gasteiger partial charge is 0.328 e. The minimum absolute atomic E-state index is 0.0605. The van der Waals surface area contributed by atoms with Crippen molar-refractivity contribution in [2.75, 3.05) is 33.2 Å². The summed E-state index contributed by atoms with van der Waals surface area (Å²) in [6.45, 7) is 1.35. The van der Waals surface area contributed by atoms with Crippen LogP contribution in [-0.2, 0) is 9.59 Å². The molecule has 0 radical (unpaired) electrons. The standard InChI is InChI=1S/C11H17N3O4/c1-13-6-3-7-14(8-9(13)15)11(18)12-5-2-4-10(16)17/h2,4H,3,5-8H2,1H3,(H,12,18)(H,16,17)/b4-2+. The van der Waals surface area contributed by atoms with E-state index in [-0.39, 0.29) is 25.0 Å². The van der Waals surface area contributed by atoms with Crippen molar-refractivity contribution in [3.8, 4) is 0 Å². The fourth-order valence-electron chi connectivity index (χ4n) is 1.58. The van der Waals surface area contributed by atoms with Crippen molar-refractivity contribution in [3.05, 3.63) is 12.2 Å². The van der Waals surface area contributed by atoms with Gasteiger partial charge in [-0.1, -0.05) is 6.08 Å². The molecule has 0 saturated carbocycles. The van der Waals surface area contributed by atoms with Gasteiger partial charge in [0, 0.05) is 32.8 Å². The average Bonchev–Trinajstić information content (AvgIpc) is 2.47. The van der Waals surface area contributed by atoms with Gasteiger partial charge in [0.25, 0.3) is 0 Å². The van der Waals surface area contributed by atoms with E-state index < -0.39 is 5.97 Å². The molecule has 0 atom stereocenters. The van der Waals surface area contributed by atoms with Crippen molar-refractivity contribution in [3.63, 3.8) is 0 Å². The minimum Gasteiger partial charge on any atom is -0.478 e. The lowest BCUT2D eigenvalue weighted by atomic mass is 10.4. The first-order chi connectivity index (χ1) is 8.50. The number of nitrogens with one attached hydrogen (secondary N) is 1. The van der Waals surface area contributed by atoms with Gasteiger partial charge >= 0.3 is 12.0 Å². The summed E-state index contributed by atoms with van der Waals surface area (Å²) in [7, 11) is 1.71. The normalized spacial score (nSPS) is 16.8. The highest BCUT2D eigenvalue weighted by Crippen LogP contribution is 2.02. The maximum Gasteiger partial charge on any atom is 0.328 e. The molecule has 0 unspecified atom stereocenters. The highest BCUT2D eigenvalue weighted by Gasteiger charge is 2.22. The molecule has 0 aromatic heterocycles. The van der Waals surface area contributed by atoms with Crippen molar-refractivity contribution >= 4 is 17.9 Å². The maximum atomic E-state index is 11.7. The molecule has 1 fully saturated rings. The van der Waals surface area contributed by atoms with Gasteiger partial charge in [-0.25, -0.2) is 9.59 Å². The Morgan fingerprint density at radius 1 is 1.44 bits per heavy atom. The van der Waals surface area contributed by atoms with Gasteiger partial charge in [0.1, 0.15) is 6.54 Å². The quantitative estimate of drug-likeness (QED) is 0.665. The summed E-state index contributed by atoms with van der Waals surface area (Å²) in [5, 5.41) is 10.9. The van der Waals surface area contributed by atoms with Crippen LogP contribution in [0, 0.1) is 0 Å². The van der Waals surface area contributed by atoms with E-state index in [2.05, 4.69) is 5.32 Å². The number of carbonyl (C=O) groups excluding carboxylic acids is 2. The third-order valence-electron chi connectivity index (χ3n) is 2.59. The zero-order chi connectivity index (χ0) is 13.5. The van der Waals surface area contributed by atoms with E-state index in [1.807, 2.05) is 0 Å².